The fraction of sp³-hybridized carbons (Fsp3) is 0.583. The first-order chi connectivity index (χ1) is 8.46. The fourth-order valence-electron chi connectivity index (χ4n) is 2.10. The number of hydrogen-bond acceptors (Lipinski definition) is 5. The minimum Gasteiger partial charge on any atom is -0.358 e. The van der Waals surface area contributed by atoms with Gasteiger partial charge in [-0.3, -0.25) is 10.1 Å². The first kappa shape index (κ1) is 12.8. The maximum atomic E-state index is 11.0. The van der Waals surface area contributed by atoms with Crippen molar-refractivity contribution in [2.45, 2.75) is 32.2 Å². The van der Waals surface area contributed by atoms with E-state index in [0.29, 0.717) is 18.3 Å². The Labute approximate surface area is 106 Å². The molecule has 1 aromatic rings. The van der Waals surface area contributed by atoms with Crippen LogP contribution in [-0.2, 0) is 0 Å². The normalized spacial score (nSPS) is 18.2. The first-order valence-electron chi connectivity index (χ1n) is 6.06. The molecule has 1 aromatic heterocycles. The molecule has 0 bridgehead atoms. The van der Waals surface area contributed by atoms with Gasteiger partial charge >= 0.3 is 5.69 Å². The van der Waals surface area contributed by atoms with E-state index in [-0.39, 0.29) is 11.2 Å². The Morgan fingerprint density at radius 3 is 2.78 bits per heavy atom. The van der Waals surface area contributed by atoms with Gasteiger partial charge in [-0.25, -0.2) is 4.98 Å². The Bertz CT molecular complexity index is 473. The van der Waals surface area contributed by atoms with Crippen LogP contribution in [0.4, 0.5) is 11.5 Å². The lowest BCUT2D eigenvalue weighted by Gasteiger charge is -2.29. The lowest BCUT2D eigenvalue weighted by molar-refractivity contribution is -0.384. The zero-order valence-corrected chi connectivity index (χ0v) is 10.6. The largest absolute Gasteiger partial charge is 0.358 e. The molecule has 1 atom stereocenters. The van der Waals surface area contributed by atoms with Crippen molar-refractivity contribution in [3.8, 4) is 0 Å². The molecular weight excluding hydrogens is 232 g/mol. The average molecular weight is 250 g/mol. The van der Waals surface area contributed by atoms with E-state index in [1.807, 2.05) is 13.8 Å². The number of nitrogens with one attached hydrogen (secondary N) is 1. The number of aryl methyl sites for hydroxylation is 1. The van der Waals surface area contributed by atoms with Crippen LogP contribution in [0, 0.1) is 23.0 Å². The van der Waals surface area contributed by atoms with Crippen molar-refractivity contribution in [2.75, 3.05) is 11.9 Å². The number of nitrogens with zero attached hydrogens (tertiary/aromatic N) is 2. The molecular formula is C12H18N4O2. The summed E-state index contributed by atoms with van der Waals surface area (Å²) in [6, 6.07) is 3.12. The van der Waals surface area contributed by atoms with Crippen molar-refractivity contribution in [3.63, 3.8) is 0 Å². The van der Waals surface area contributed by atoms with E-state index in [0.717, 1.165) is 18.5 Å². The highest BCUT2D eigenvalue weighted by molar-refractivity contribution is 5.57. The smallest absolute Gasteiger partial charge is 0.311 e. The Morgan fingerprint density at radius 2 is 2.28 bits per heavy atom. The molecule has 0 aliphatic heterocycles. The summed E-state index contributed by atoms with van der Waals surface area (Å²) in [7, 11) is 0. The molecule has 0 radical (unpaired) electrons. The van der Waals surface area contributed by atoms with Gasteiger partial charge in [0, 0.05) is 18.3 Å². The van der Waals surface area contributed by atoms with Crippen LogP contribution in [-0.4, -0.2) is 22.0 Å². The van der Waals surface area contributed by atoms with Gasteiger partial charge in [-0.2, -0.15) is 0 Å². The van der Waals surface area contributed by atoms with Gasteiger partial charge in [0.1, 0.15) is 0 Å². The highest BCUT2D eigenvalue weighted by Crippen LogP contribution is 2.41. The summed E-state index contributed by atoms with van der Waals surface area (Å²) in [4.78, 5) is 14.8. The number of anilines is 1. The van der Waals surface area contributed by atoms with Crippen LogP contribution in [0.25, 0.3) is 0 Å². The number of pyridine rings is 1. The van der Waals surface area contributed by atoms with Crippen LogP contribution in [0.5, 0.6) is 0 Å². The molecule has 1 aliphatic carbocycles. The molecule has 1 saturated carbocycles. The van der Waals surface area contributed by atoms with E-state index < -0.39 is 4.92 Å². The molecule has 1 aliphatic rings. The second-order valence-corrected chi connectivity index (χ2v) is 5.10. The number of nitro groups is 1. The molecule has 1 unspecified atom stereocenters. The van der Waals surface area contributed by atoms with Gasteiger partial charge < -0.3 is 11.1 Å². The van der Waals surface area contributed by atoms with Crippen LogP contribution in [0.2, 0.25) is 0 Å². The number of aromatic nitrogens is 1. The van der Waals surface area contributed by atoms with Gasteiger partial charge in [0.2, 0.25) is 5.82 Å². The second kappa shape index (κ2) is 4.53. The summed E-state index contributed by atoms with van der Waals surface area (Å²) in [5.41, 5.74) is 6.24. The summed E-state index contributed by atoms with van der Waals surface area (Å²) in [6.07, 6.45) is 2.22. The molecule has 6 nitrogen and oxygen atoms in total. The van der Waals surface area contributed by atoms with Gasteiger partial charge in [-0.05, 0) is 38.7 Å². The van der Waals surface area contributed by atoms with Crippen LogP contribution in [0.15, 0.2) is 12.1 Å². The van der Waals surface area contributed by atoms with Crippen molar-refractivity contribution in [3.05, 3.63) is 27.9 Å². The lowest BCUT2D eigenvalue weighted by atomic mass is 9.96. The van der Waals surface area contributed by atoms with E-state index in [1.54, 1.807) is 6.07 Å². The maximum Gasteiger partial charge on any atom is 0.311 e. The summed E-state index contributed by atoms with van der Waals surface area (Å²) >= 11 is 0. The van der Waals surface area contributed by atoms with Gasteiger partial charge in [-0.1, -0.05) is 0 Å². The van der Waals surface area contributed by atoms with E-state index in [1.165, 1.54) is 6.07 Å². The van der Waals surface area contributed by atoms with E-state index in [9.17, 15) is 10.1 Å². The van der Waals surface area contributed by atoms with Crippen molar-refractivity contribution < 1.29 is 4.92 Å². The monoisotopic (exact) mass is 250 g/mol. The van der Waals surface area contributed by atoms with Gasteiger partial charge in [-0.15, -0.1) is 0 Å². The van der Waals surface area contributed by atoms with E-state index in [4.69, 9.17) is 5.73 Å². The van der Waals surface area contributed by atoms with E-state index >= 15 is 0 Å². The molecule has 6 heteroatoms. The number of rotatable bonds is 5. The number of nitrogens with two attached hydrogens (primary N) is 1. The molecule has 18 heavy (non-hydrogen) atoms. The number of hydrogen-bond donors (Lipinski definition) is 2. The zero-order valence-electron chi connectivity index (χ0n) is 10.6. The van der Waals surface area contributed by atoms with Crippen molar-refractivity contribution in [1.82, 2.24) is 4.98 Å². The molecule has 0 amide bonds. The molecule has 0 aromatic carbocycles. The fourth-order valence-corrected chi connectivity index (χ4v) is 2.10. The molecule has 3 N–H and O–H groups in total. The third kappa shape index (κ3) is 2.43. The molecule has 1 fully saturated rings. The summed E-state index contributed by atoms with van der Waals surface area (Å²) in [5, 5.41) is 14.2. The van der Waals surface area contributed by atoms with Gasteiger partial charge in [0.15, 0.2) is 0 Å². The molecule has 98 valence electrons. The minimum absolute atomic E-state index is 0.000856. The Kier molecular flexibility index (Phi) is 3.21. The molecule has 2 rings (SSSR count). The highest BCUT2D eigenvalue weighted by atomic mass is 16.6. The third-order valence-electron chi connectivity index (χ3n) is 3.52. The Balaban J connectivity index is 2.32. The van der Waals surface area contributed by atoms with Crippen molar-refractivity contribution in [1.29, 1.82) is 0 Å². The van der Waals surface area contributed by atoms with E-state index in [2.05, 4.69) is 10.3 Å². The Hall–Kier alpha value is -1.69. The SMILES string of the molecule is Cc1ccc([N+](=O)[O-])c(NC(C)(CN)C2CC2)n1. The average Bonchev–Trinajstić information content (AvgIpc) is 3.12. The quantitative estimate of drug-likeness (QED) is 0.614. The van der Waals surface area contributed by atoms with Crippen LogP contribution in [0.1, 0.15) is 25.5 Å². The third-order valence-corrected chi connectivity index (χ3v) is 3.52. The highest BCUT2D eigenvalue weighted by Gasteiger charge is 2.41. The molecule has 0 spiro atoms. The molecule has 1 heterocycles. The maximum absolute atomic E-state index is 11.0. The van der Waals surface area contributed by atoms with Crippen LogP contribution in [0.3, 0.4) is 0 Å². The predicted molar refractivity (Wildman–Crippen MR) is 69.4 cm³/mol. The zero-order chi connectivity index (χ0) is 13.3. The topological polar surface area (TPSA) is 94.1 Å². The van der Waals surface area contributed by atoms with Crippen LogP contribution < -0.4 is 11.1 Å². The standard InChI is InChI=1S/C12H18N4O2/c1-8-3-6-10(16(17)18)11(14-8)15-12(2,7-13)9-4-5-9/h3,6,9H,4-5,7,13H2,1-2H3,(H,14,15). The predicted octanol–water partition coefficient (Wildman–Crippen LogP) is 1.84. The summed E-state index contributed by atoms with van der Waals surface area (Å²) < 4.78 is 0. The van der Waals surface area contributed by atoms with Gasteiger partial charge in [0.25, 0.3) is 0 Å². The first-order valence-corrected chi connectivity index (χ1v) is 6.06. The van der Waals surface area contributed by atoms with Gasteiger partial charge in [0.05, 0.1) is 10.5 Å². The van der Waals surface area contributed by atoms with Crippen molar-refractivity contribution >= 4 is 11.5 Å². The lowest BCUT2D eigenvalue weighted by Crippen LogP contribution is -2.45. The summed E-state index contributed by atoms with van der Waals surface area (Å²) in [5.74, 6) is 0.796. The summed E-state index contributed by atoms with van der Waals surface area (Å²) in [6.45, 7) is 4.24. The second-order valence-electron chi connectivity index (χ2n) is 5.10. The molecule has 0 saturated heterocycles. The van der Waals surface area contributed by atoms with Crippen molar-refractivity contribution in [2.24, 2.45) is 11.7 Å². The Morgan fingerprint density at radius 1 is 1.61 bits per heavy atom. The minimum atomic E-state index is -0.418. The van der Waals surface area contributed by atoms with Crippen LogP contribution >= 0.6 is 0 Å².